The van der Waals surface area contributed by atoms with Crippen LogP contribution in [-0.2, 0) is 19.1 Å². The molecule has 1 atom stereocenters. The second kappa shape index (κ2) is 9.97. The lowest BCUT2D eigenvalue weighted by molar-refractivity contribution is -0.137. The van der Waals surface area contributed by atoms with Crippen molar-refractivity contribution in [1.29, 1.82) is 0 Å². The largest absolute Gasteiger partial charge is 0.481 e. The van der Waals surface area contributed by atoms with Gasteiger partial charge in [0.2, 0.25) is 11.8 Å². The lowest BCUT2D eigenvalue weighted by Gasteiger charge is -2.38. The number of fused-ring (bicyclic) bond motifs is 1. The fourth-order valence-corrected chi connectivity index (χ4v) is 4.88. The summed E-state index contributed by atoms with van der Waals surface area (Å²) >= 11 is 0. The van der Waals surface area contributed by atoms with E-state index < -0.39 is 29.5 Å². The molecule has 39 heavy (non-hydrogen) atoms. The molecule has 1 aliphatic heterocycles. The van der Waals surface area contributed by atoms with Gasteiger partial charge in [-0.2, -0.15) is 13.2 Å². The van der Waals surface area contributed by atoms with Gasteiger partial charge in [-0.1, -0.05) is 24.3 Å². The van der Waals surface area contributed by atoms with E-state index >= 15 is 0 Å². The Morgan fingerprint density at radius 1 is 1.05 bits per heavy atom. The third-order valence-corrected chi connectivity index (χ3v) is 6.61. The average molecular weight is 538 g/mol. The summed E-state index contributed by atoms with van der Waals surface area (Å²) in [4.78, 5) is 28.2. The van der Waals surface area contributed by atoms with Gasteiger partial charge in [-0.15, -0.1) is 0 Å². The number of aromatic nitrogens is 3. The van der Waals surface area contributed by atoms with Gasteiger partial charge in [0.15, 0.2) is 0 Å². The van der Waals surface area contributed by atoms with Crippen molar-refractivity contribution >= 4 is 11.9 Å². The third kappa shape index (κ3) is 5.12. The number of nitrogens with two attached hydrogens (primary N) is 1. The van der Waals surface area contributed by atoms with Crippen LogP contribution in [0.15, 0.2) is 60.7 Å². The van der Waals surface area contributed by atoms with Crippen LogP contribution in [0, 0.1) is 12.7 Å². The van der Waals surface area contributed by atoms with E-state index in [1.54, 1.807) is 31.2 Å². The summed E-state index contributed by atoms with van der Waals surface area (Å²) in [6.45, 7) is 1.49. The van der Waals surface area contributed by atoms with Gasteiger partial charge in [0.05, 0.1) is 41.4 Å². The van der Waals surface area contributed by atoms with Crippen LogP contribution in [-0.4, -0.2) is 32.9 Å². The molecule has 7 nitrogen and oxygen atoms in total. The van der Waals surface area contributed by atoms with Gasteiger partial charge in [0, 0.05) is 24.6 Å². The van der Waals surface area contributed by atoms with Crippen LogP contribution in [0.3, 0.4) is 0 Å². The maximum absolute atomic E-state index is 14.5. The van der Waals surface area contributed by atoms with Crippen molar-refractivity contribution < 1.29 is 27.1 Å². The van der Waals surface area contributed by atoms with Gasteiger partial charge in [0.25, 0.3) is 5.91 Å². The Hall–Kier alpha value is -4.54. The second-order valence-corrected chi connectivity index (χ2v) is 9.14. The Morgan fingerprint density at radius 2 is 1.82 bits per heavy atom. The molecule has 3 heterocycles. The highest BCUT2D eigenvalue weighted by molar-refractivity contribution is 5.98. The number of amides is 1. The molecule has 2 aromatic carbocycles. The maximum Gasteiger partial charge on any atom is 0.416 e. The first-order valence-electron chi connectivity index (χ1n) is 12.0. The molecule has 0 unspecified atom stereocenters. The molecule has 0 radical (unpaired) electrons. The number of anilines is 1. The van der Waals surface area contributed by atoms with Gasteiger partial charge >= 0.3 is 6.18 Å². The summed E-state index contributed by atoms with van der Waals surface area (Å²) in [6, 6.07) is 13.2. The predicted molar refractivity (Wildman–Crippen MR) is 135 cm³/mol. The molecular formula is C28H23F4N5O2. The summed E-state index contributed by atoms with van der Waals surface area (Å²) < 4.78 is 60.0. The van der Waals surface area contributed by atoms with Crippen molar-refractivity contribution in [2.45, 2.75) is 32.1 Å². The van der Waals surface area contributed by atoms with Crippen LogP contribution in [0.1, 0.15) is 44.5 Å². The Morgan fingerprint density at radius 3 is 2.56 bits per heavy atom. The SMILES string of the molecule is COc1cccc(-c2cc(F)ccc2[C@H]2Cc3nc(N)nc(C)c3C(=O)N2Cc2cccc(C(F)(F)F)c2)n1. The predicted octanol–water partition coefficient (Wildman–Crippen LogP) is 5.54. The Balaban J connectivity index is 1.67. The van der Waals surface area contributed by atoms with E-state index in [9.17, 15) is 22.4 Å². The number of aryl methyl sites for hydroxylation is 1. The molecule has 0 spiro atoms. The van der Waals surface area contributed by atoms with Crippen molar-refractivity contribution in [2.75, 3.05) is 12.8 Å². The zero-order valence-electron chi connectivity index (χ0n) is 21.0. The van der Waals surface area contributed by atoms with E-state index in [2.05, 4.69) is 15.0 Å². The van der Waals surface area contributed by atoms with Crippen LogP contribution in [0.5, 0.6) is 5.88 Å². The minimum Gasteiger partial charge on any atom is -0.481 e. The molecule has 1 amide bonds. The first-order chi connectivity index (χ1) is 18.5. The lowest BCUT2D eigenvalue weighted by atomic mass is 9.88. The number of rotatable bonds is 5. The summed E-state index contributed by atoms with van der Waals surface area (Å²) in [7, 11) is 1.46. The zero-order chi connectivity index (χ0) is 27.9. The van der Waals surface area contributed by atoms with Gasteiger partial charge in [-0.3, -0.25) is 4.79 Å². The third-order valence-electron chi connectivity index (χ3n) is 6.61. The molecule has 0 saturated heterocycles. The zero-order valence-corrected chi connectivity index (χ0v) is 21.0. The monoisotopic (exact) mass is 537 g/mol. The normalized spacial score (nSPS) is 15.3. The van der Waals surface area contributed by atoms with E-state index in [0.29, 0.717) is 34.1 Å². The number of alkyl halides is 3. The van der Waals surface area contributed by atoms with Crippen molar-refractivity contribution in [3.05, 3.63) is 100 Å². The molecule has 0 bridgehead atoms. The number of nitrogens with zero attached hydrogens (tertiary/aromatic N) is 4. The Kier molecular flexibility index (Phi) is 6.67. The van der Waals surface area contributed by atoms with Crippen molar-refractivity contribution in [1.82, 2.24) is 19.9 Å². The van der Waals surface area contributed by atoms with E-state index in [1.807, 2.05) is 0 Å². The molecule has 11 heteroatoms. The van der Waals surface area contributed by atoms with Crippen molar-refractivity contribution in [3.63, 3.8) is 0 Å². The summed E-state index contributed by atoms with van der Waals surface area (Å²) in [5, 5.41) is 0. The molecule has 0 fully saturated rings. The van der Waals surface area contributed by atoms with Gasteiger partial charge < -0.3 is 15.4 Å². The average Bonchev–Trinajstić information content (AvgIpc) is 2.89. The Labute approximate surface area is 221 Å². The first kappa shape index (κ1) is 26.1. The van der Waals surface area contributed by atoms with Gasteiger partial charge in [-0.05, 0) is 48.4 Å². The number of carbonyl (C=O) groups excluding carboxylic acids is 1. The van der Waals surface area contributed by atoms with Crippen LogP contribution < -0.4 is 10.5 Å². The van der Waals surface area contributed by atoms with Gasteiger partial charge in [0.1, 0.15) is 5.82 Å². The number of halogens is 4. The molecule has 200 valence electrons. The summed E-state index contributed by atoms with van der Waals surface area (Å²) in [5.74, 6) is -0.680. The first-order valence-corrected chi connectivity index (χ1v) is 12.0. The molecule has 0 aliphatic carbocycles. The van der Waals surface area contributed by atoms with E-state index in [4.69, 9.17) is 10.5 Å². The number of pyridine rings is 1. The fourth-order valence-electron chi connectivity index (χ4n) is 4.88. The summed E-state index contributed by atoms with van der Waals surface area (Å²) in [6.07, 6.45) is -4.37. The van der Waals surface area contributed by atoms with Crippen LogP contribution in [0.4, 0.5) is 23.5 Å². The highest BCUT2D eigenvalue weighted by Gasteiger charge is 2.38. The summed E-state index contributed by atoms with van der Waals surface area (Å²) in [5.41, 5.74) is 7.70. The minimum absolute atomic E-state index is 0.00193. The topological polar surface area (TPSA) is 94.2 Å². The molecule has 5 rings (SSSR count). The maximum atomic E-state index is 14.5. The van der Waals surface area contributed by atoms with Crippen LogP contribution >= 0.6 is 0 Å². The van der Waals surface area contributed by atoms with Crippen molar-refractivity contribution in [2.24, 2.45) is 0 Å². The van der Waals surface area contributed by atoms with Crippen LogP contribution in [0.2, 0.25) is 0 Å². The number of benzene rings is 2. The highest BCUT2D eigenvalue weighted by atomic mass is 19.4. The second-order valence-electron chi connectivity index (χ2n) is 9.14. The van der Waals surface area contributed by atoms with Crippen LogP contribution in [0.25, 0.3) is 11.3 Å². The Bertz CT molecular complexity index is 1570. The number of hydrogen-bond donors (Lipinski definition) is 1. The van der Waals surface area contributed by atoms with Crippen molar-refractivity contribution in [3.8, 4) is 17.1 Å². The van der Waals surface area contributed by atoms with E-state index in [-0.39, 0.29) is 30.0 Å². The molecule has 1 aliphatic rings. The van der Waals surface area contributed by atoms with Gasteiger partial charge in [-0.25, -0.2) is 19.3 Å². The molecule has 4 aromatic rings. The standard InChI is InChI=1S/C28H23F4N5O2/c1-15-25-22(36-27(33)34-15)13-23(37(26(25)38)14-16-5-3-6-17(11-16)28(30,31)32)19-10-9-18(29)12-20(19)21-7-4-8-24(35-21)39-2/h3-12,23H,13-14H2,1-2H3,(H2,33,34,36)/t23-/m1/s1. The number of nitrogen functional groups attached to an aromatic ring is 1. The van der Waals surface area contributed by atoms with E-state index in [0.717, 1.165) is 12.1 Å². The quantitative estimate of drug-likeness (QED) is 0.336. The molecule has 0 saturated carbocycles. The number of hydrogen-bond acceptors (Lipinski definition) is 6. The minimum atomic E-state index is -4.54. The lowest BCUT2D eigenvalue weighted by Crippen LogP contribution is -2.41. The molecule has 2 aromatic heterocycles. The number of methoxy groups -OCH3 is 1. The number of ether oxygens (including phenoxy) is 1. The number of carbonyl (C=O) groups is 1. The fraction of sp³-hybridized carbons (Fsp3) is 0.214. The van der Waals surface area contributed by atoms with E-state index in [1.165, 1.54) is 36.3 Å². The smallest absolute Gasteiger partial charge is 0.416 e. The molecular weight excluding hydrogens is 514 g/mol. The highest BCUT2D eigenvalue weighted by Crippen LogP contribution is 2.40. The molecule has 2 N–H and O–H groups in total.